The minimum absolute atomic E-state index is 0.0457. The molecule has 0 spiro atoms. The number of nitrogens with one attached hydrogen (secondary N) is 2. The van der Waals surface area contributed by atoms with E-state index < -0.39 is 5.97 Å². The van der Waals surface area contributed by atoms with Gasteiger partial charge in [0.15, 0.2) is 0 Å². The van der Waals surface area contributed by atoms with E-state index in [9.17, 15) is 9.59 Å². The maximum absolute atomic E-state index is 12.1. The summed E-state index contributed by atoms with van der Waals surface area (Å²) < 4.78 is 5.76. The average molecular weight is 382 g/mol. The highest BCUT2D eigenvalue weighted by Crippen LogP contribution is 2.24. The normalized spacial score (nSPS) is 18.9. The molecular formula is C22H26N2O4. The van der Waals surface area contributed by atoms with Crippen LogP contribution in [-0.4, -0.2) is 23.1 Å². The summed E-state index contributed by atoms with van der Waals surface area (Å²) >= 11 is 0. The molecule has 0 unspecified atom stereocenters. The molecule has 2 amide bonds. The molecule has 0 aromatic heterocycles. The molecule has 0 saturated heterocycles. The van der Waals surface area contributed by atoms with Gasteiger partial charge in [-0.2, -0.15) is 0 Å². The van der Waals surface area contributed by atoms with Crippen molar-refractivity contribution >= 4 is 12.0 Å². The average Bonchev–Trinajstić information content (AvgIpc) is 2.72. The number of benzene rings is 2. The molecule has 1 aliphatic carbocycles. The van der Waals surface area contributed by atoms with Crippen molar-refractivity contribution in [2.24, 2.45) is 5.92 Å². The van der Waals surface area contributed by atoms with Crippen molar-refractivity contribution in [3.8, 4) is 5.75 Å². The van der Waals surface area contributed by atoms with Gasteiger partial charge in [-0.05, 0) is 48.9 Å². The van der Waals surface area contributed by atoms with Crippen LogP contribution in [0, 0.1) is 5.92 Å². The zero-order valence-corrected chi connectivity index (χ0v) is 15.8. The molecule has 148 valence electrons. The van der Waals surface area contributed by atoms with Gasteiger partial charge in [-0.3, -0.25) is 4.79 Å². The summed E-state index contributed by atoms with van der Waals surface area (Å²) in [5.74, 6) is -0.227. The maximum atomic E-state index is 12.1. The number of hydrogen-bond acceptors (Lipinski definition) is 3. The molecule has 3 N–H and O–H groups in total. The van der Waals surface area contributed by atoms with E-state index in [0.29, 0.717) is 38.8 Å². The Bertz CT molecular complexity index is 769. The van der Waals surface area contributed by atoms with Crippen LogP contribution in [0.5, 0.6) is 5.75 Å². The number of rotatable bonds is 7. The van der Waals surface area contributed by atoms with Crippen molar-refractivity contribution in [1.29, 1.82) is 0 Å². The first-order valence-corrected chi connectivity index (χ1v) is 9.63. The molecule has 3 rings (SSSR count). The summed E-state index contributed by atoms with van der Waals surface area (Å²) in [7, 11) is 0. The second kappa shape index (κ2) is 9.78. The lowest BCUT2D eigenvalue weighted by Gasteiger charge is -2.26. The van der Waals surface area contributed by atoms with Crippen molar-refractivity contribution in [2.45, 2.75) is 44.9 Å². The third kappa shape index (κ3) is 6.01. The second-order valence-corrected chi connectivity index (χ2v) is 7.13. The van der Waals surface area contributed by atoms with Crippen molar-refractivity contribution in [3.63, 3.8) is 0 Å². The zero-order chi connectivity index (χ0) is 19.8. The third-order valence-electron chi connectivity index (χ3n) is 5.04. The molecule has 1 aliphatic rings. The summed E-state index contributed by atoms with van der Waals surface area (Å²) in [6.45, 7) is 0.945. The zero-order valence-electron chi connectivity index (χ0n) is 15.8. The van der Waals surface area contributed by atoms with Crippen molar-refractivity contribution in [1.82, 2.24) is 10.6 Å². The van der Waals surface area contributed by atoms with Gasteiger partial charge >= 0.3 is 12.0 Å². The van der Waals surface area contributed by atoms with E-state index in [2.05, 4.69) is 10.6 Å². The molecule has 28 heavy (non-hydrogen) atoms. The minimum Gasteiger partial charge on any atom is -0.489 e. The number of urea groups is 1. The van der Waals surface area contributed by atoms with Crippen molar-refractivity contribution in [3.05, 3.63) is 65.7 Å². The standard InChI is InChI=1S/C22H26N2O4/c25-21(26)18-8-10-19(11-9-18)24-22(27)23-14-16-6-12-20(13-7-16)28-15-17-4-2-1-3-5-17/h1-7,12-13,18-19H,8-11,14-15H2,(H,25,26)(H2,23,24,27). The Hall–Kier alpha value is -3.02. The Balaban J connectivity index is 1.37. The van der Waals surface area contributed by atoms with Crippen LogP contribution in [0.1, 0.15) is 36.8 Å². The molecular weight excluding hydrogens is 356 g/mol. The van der Waals surface area contributed by atoms with Gasteiger partial charge in [-0.15, -0.1) is 0 Å². The van der Waals surface area contributed by atoms with Crippen LogP contribution < -0.4 is 15.4 Å². The quantitative estimate of drug-likeness (QED) is 0.681. The summed E-state index contributed by atoms with van der Waals surface area (Å²) in [5, 5.41) is 14.8. The van der Waals surface area contributed by atoms with Crippen LogP contribution >= 0.6 is 0 Å². The topological polar surface area (TPSA) is 87.7 Å². The third-order valence-corrected chi connectivity index (χ3v) is 5.04. The maximum Gasteiger partial charge on any atom is 0.315 e. The van der Waals surface area contributed by atoms with Crippen LogP contribution in [0.25, 0.3) is 0 Å². The lowest BCUT2D eigenvalue weighted by molar-refractivity contribution is -0.142. The number of carboxylic acid groups (broad SMARTS) is 1. The van der Waals surface area contributed by atoms with E-state index in [1.54, 1.807) is 0 Å². The molecule has 2 aromatic carbocycles. The number of aliphatic carboxylic acids is 1. The fourth-order valence-corrected chi connectivity index (χ4v) is 3.35. The number of carboxylic acids is 1. The molecule has 0 heterocycles. The first kappa shape index (κ1) is 19.7. The summed E-state index contributed by atoms with van der Waals surface area (Å²) in [6.07, 6.45) is 2.64. The van der Waals surface area contributed by atoms with Gasteiger partial charge in [0.05, 0.1) is 5.92 Å². The van der Waals surface area contributed by atoms with Crippen LogP contribution in [0.4, 0.5) is 4.79 Å². The van der Waals surface area contributed by atoms with Gasteiger partial charge in [0.1, 0.15) is 12.4 Å². The predicted octanol–water partition coefficient (Wildman–Crippen LogP) is 3.71. The number of hydrogen-bond donors (Lipinski definition) is 3. The Morgan fingerprint density at radius 1 is 0.929 bits per heavy atom. The predicted molar refractivity (Wildman–Crippen MR) is 106 cm³/mol. The Morgan fingerprint density at radius 3 is 2.25 bits per heavy atom. The number of ether oxygens (including phenoxy) is 1. The highest BCUT2D eigenvalue weighted by molar-refractivity contribution is 5.74. The fourth-order valence-electron chi connectivity index (χ4n) is 3.35. The molecule has 0 aliphatic heterocycles. The molecule has 0 bridgehead atoms. The lowest BCUT2D eigenvalue weighted by atomic mass is 9.86. The molecule has 0 atom stereocenters. The van der Waals surface area contributed by atoms with Crippen LogP contribution in [0.15, 0.2) is 54.6 Å². The molecule has 0 radical (unpaired) electrons. The Morgan fingerprint density at radius 2 is 1.61 bits per heavy atom. The fraction of sp³-hybridized carbons (Fsp3) is 0.364. The molecule has 6 nitrogen and oxygen atoms in total. The number of carbonyl (C=O) groups excluding carboxylic acids is 1. The Kier molecular flexibility index (Phi) is 6.89. The second-order valence-electron chi connectivity index (χ2n) is 7.13. The first-order chi connectivity index (χ1) is 13.6. The van der Waals surface area contributed by atoms with Gasteiger partial charge in [-0.25, -0.2) is 4.79 Å². The highest BCUT2D eigenvalue weighted by atomic mass is 16.5. The lowest BCUT2D eigenvalue weighted by Crippen LogP contribution is -2.43. The van der Waals surface area contributed by atoms with Gasteiger partial charge in [-0.1, -0.05) is 42.5 Å². The van der Waals surface area contributed by atoms with E-state index in [1.807, 2.05) is 54.6 Å². The van der Waals surface area contributed by atoms with Gasteiger partial charge in [0, 0.05) is 12.6 Å². The smallest absolute Gasteiger partial charge is 0.315 e. The highest BCUT2D eigenvalue weighted by Gasteiger charge is 2.26. The molecule has 6 heteroatoms. The summed E-state index contributed by atoms with van der Waals surface area (Å²) in [4.78, 5) is 23.0. The Labute approximate surface area is 164 Å². The summed E-state index contributed by atoms with van der Waals surface area (Å²) in [6, 6.07) is 17.5. The minimum atomic E-state index is -0.737. The monoisotopic (exact) mass is 382 g/mol. The summed E-state index contributed by atoms with van der Waals surface area (Å²) in [5.41, 5.74) is 2.10. The van der Waals surface area contributed by atoms with Crippen LogP contribution in [0.3, 0.4) is 0 Å². The number of carbonyl (C=O) groups is 2. The van der Waals surface area contributed by atoms with Gasteiger partial charge in [0.2, 0.25) is 0 Å². The molecule has 1 fully saturated rings. The first-order valence-electron chi connectivity index (χ1n) is 9.63. The van der Waals surface area contributed by atoms with E-state index in [0.717, 1.165) is 16.9 Å². The van der Waals surface area contributed by atoms with Crippen molar-refractivity contribution < 1.29 is 19.4 Å². The van der Waals surface area contributed by atoms with Crippen LogP contribution in [0.2, 0.25) is 0 Å². The van der Waals surface area contributed by atoms with E-state index in [1.165, 1.54) is 0 Å². The van der Waals surface area contributed by atoms with Gasteiger partial charge < -0.3 is 20.5 Å². The van der Waals surface area contributed by atoms with Gasteiger partial charge in [0.25, 0.3) is 0 Å². The number of amides is 2. The molecule has 1 saturated carbocycles. The van der Waals surface area contributed by atoms with E-state index in [-0.39, 0.29) is 18.0 Å². The largest absolute Gasteiger partial charge is 0.489 e. The van der Waals surface area contributed by atoms with Crippen molar-refractivity contribution in [2.75, 3.05) is 0 Å². The molecule has 2 aromatic rings. The van der Waals surface area contributed by atoms with E-state index >= 15 is 0 Å². The van der Waals surface area contributed by atoms with Crippen LogP contribution in [-0.2, 0) is 17.9 Å². The van der Waals surface area contributed by atoms with E-state index in [4.69, 9.17) is 9.84 Å². The SMILES string of the molecule is O=C(NCc1ccc(OCc2ccccc2)cc1)NC1CCC(C(=O)O)CC1.